The fourth-order valence-corrected chi connectivity index (χ4v) is 5.81. The molecule has 1 aliphatic rings. The Bertz CT molecular complexity index is 1050. The highest BCUT2D eigenvalue weighted by molar-refractivity contribution is 7.97. The van der Waals surface area contributed by atoms with Crippen molar-refractivity contribution in [2.75, 3.05) is 31.2 Å². The van der Waals surface area contributed by atoms with Gasteiger partial charge in [0.2, 0.25) is 0 Å². The van der Waals surface area contributed by atoms with Crippen LogP contribution in [0.2, 0.25) is 0 Å². The minimum Gasteiger partial charge on any atom is -0.545 e. The van der Waals surface area contributed by atoms with Gasteiger partial charge < -0.3 is 19.5 Å². The maximum absolute atomic E-state index is 10.5. The van der Waals surface area contributed by atoms with Crippen LogP contribution < -0.4 is 10.0 Å². The summed E-state index contributed by atoms with van der Waals surface area (Å²) in [6.45, 7) is 3.15. The second-order valence-electron chi connectivity index (χ2n) is 7.68. The zero-order valence-electron chi connectivity index (χ0n) is 18.9. The summed E-state index contributed by atoms with van der Waals surface area (Å²) in [6, 6.07) is 38.9. The van der Waals surface area contributed by atoms with E-state index in [4.69, 9.17) is 4.74 Å². The molecule has 172 valence electrons. The SMILES string of the molecule is O=C([O-])c1ccc(N2CCOCC2)cc1.c1ccc([S+](c2ccccc2)c2ccccc2)cc1. The first kappa shape index (κ1) is 23.6. The van der Waals surface area contributed by atoms with Crippen molar-refractivity contribution in [2.45, 2.75) is 14.7 Å². The van der Waals surface area contributed by atoms with E-state index in [-0.39, 0.29) is 16.5 Å². The van der Waals surface area contributed by atoms with Crippen molar-refractivity contribution in [2.24, 2.45) is 0 Å². The van der Waals surface area contributed by atoms with Crippen LogP contribution in [0, 0.1) is 0 Å². The lowest BCUT2D eigenvalue weighted by atomic mass is 10.2. The topological polar surface area (TPSA) is 52.6 Å². The van der Waals surface area contributed by atoms with Crippen LogP contribution >= 0.6 is 0 Å². The molecule has 0 aromatic heterocycles. The van der Waals surface area contributed by atoms with Gasteiger partial charge in [0.1, 0.15) is 0 Å². The average Bonchev–Trinajstić information content (AvgIpc) is 2.92. The van der Waals surface area contributed by atoms with E-state index in [2.05, 4.69) is 95.9 Å². The molecule has 4 nitrogen and oxygen atoms in total. The summed E-state index contributed by atoms with van der Waals surface area (Å²) >= 11 is 0. The van der Waals surface area contributed by atoms with Gasteiger partial charge in [-0.3, -0.25) is 0 Å². The third kappa shape index (κ3) is 6.28. The number of anilines is 1. The number of aromatic carboxylic acids is 1. The molecule has 1 fully saturated rings. The number of carbonyl (C=O) groups excluding carboxylic acids is 1. The number of benzene rings is 4. The fourth-order valence-electron chi connectivity index (χ4n) is 3.71. The molecule has 1 heterocycles. The molecule has 1 aliphatic heterocycles. The second-order valence-corrected chi connectivity index (χ2v) is 9.71. The van der Waals surface area contributed by atoms with Crippen molar-refractivity contribution >= 4 is 22.6 Å². The Morgan fingerprint density at radius 3 is 1.44 bits per heavy atom. The van der Waals surface area contributed by atoms with Crippen LogP contribution in [0.1, 0.15) is 10.4 Å². The van der Waals surface area contributed by atoms with Gasteiger partial charge >= 0.3 is 0 Å². The van der Waals surface area contributed by atoms with E-state index >= 15 is 0 Å². The van der Waals surface area contributed by atoms with Crippen molar-refractivity contribution in [1.29, 1.82) is 0 Å². The molecule has 1 saturated heterocycles. The van der Waals surface area contributed by atoms with E-state index in [9.17, 15) is 9.90 Å². The lowest BCUT2D eigenvalue weighted by Crippen LogP contribution is -2.36. The number of carboxylic acid groups (broad SMARTS) is 1. The largest absolute Gasteiger partial charge is 0.545 e. The molecule has 0 bridgehead atoms. The van der Waals surface area contributed by atoms with Crippen LogP contribution in [0.15, 0.2) is 130 Å². The summed E-state index contributed by atoms with van der Waals surface area (Å²) in [5.74, 6) is -1.14. The third-order valence-corrected chi connectivity index (χ3v) is 7.65. The summed E-state index contributed by atoms with van der Waals surface area (Å²) in [4.78, 5) is 16.8. The van der Waals surface area contributed by atoms with Gasteiger partial charge in [-0.15, -0.1) is 0 Å². The van der Waals surface area contributed by atoms with Crippen LogP contribution in [-0.2, 0) is 15.6 Å². The average molecular weight is 470 g/mol. The van der Waals surface area contributed by atoms with E-state index in [0.29, 0.717) is 0 Å². The Balaban J connectivity index is 0.000000166. The molecular formula is C29H27NO3S. The predicted molar refractivity (Wildman–Crippen MR) is 135 cm³/mol. The van der Waals surface area contributed by atoms with E-state index in [1.807, 2.05) is 0 Å². The number of carboxylic acids is 1. The predicted octanol–water partition coefficient (Wildman–Crippen LogP) is 4.67. The molecule has 0 amide bonds. The molecular weight excluding hydrogens is 442 g/mol. The summed E-state index contributed by atoms with van der Waals surface area (Å²) < 4.78 is 5.24. The first-order valence-corrected chi connectivity index (χ1v) is 12.5. The number of ether oxygens (including phenoxy) is 1. The van der Waals surface area contributed by atoms with Crippen molar-refractivity contribution < 1.29 is 14.6 Å². The Hall–Kier alpha value is -3.54. The Morgan fingerprint density at radius 2 is 1.06 bits per heavy atom. The Kier molecular flexibility index (Phi) is 8.38. The van der Waals surface area contributed by atoms with Gasteiger partial charge in [-0.1, -0.05) is 66.7 Å². The van der Waals surface area contributed by atoms with Crippen molar-refractivity contribution in [3.05, 3.63) is 121 Å². The van der Waals surface area contributed by atoms with Gasteiger partial charge in [-0.2, -0.15) is 0 Å². The highest BCUT2D eigenvalue weighted by Crippen LogP contribution is 2.30. The quantitative estimate of drug-likeness (QED) is 0.399. The highest BCUT2D eigenvalue weighted by Gasteiger charge is 2.27. The van der Waals surface area contributed by atoms with Gasteiger partial charge in [0.25, 0.3) is 0 Å². The minimum atomic E-state index is -1.14. The zero-order chi connectivity index (χ0) is 23.6. The molecule has 34 heavy (non-hydrogen) atoms. The summed E-state index contributed by atoms with van der Waals surface area (Å²) in [5, 5.41) is 10.5. The van der Waals surface area contributed by atoms with Crippen LogP contribution in [0.25, 0.3) is 0 Å². The van der Waals surface area contributed by atoms with E-state index < -0.39 is 5.97 Å². The van der Waals surface area contributed by atoms with Gasteiger partial charge in [-0.05, 0) is 54.1 Å². The lowest BCUT2D eigenvalue weighted by Gasteiger charge is -2.28. The number of rotatable bonds is 5. The minimum absolute atomic E-state index is 0.0146. The molecule has 0 radical (unpaired) electrons. The summed E-state index contributed by atoms with van der Waals surface area (Å²) in [7, 11) is -0.0146. The number of nitrogens with zero attached hydrogens (tertiary/aromatic N) is 1. The summed E-state index contributed by atoms with van der Waals surface area (Å²) in [5.41, 5.74) is 1.25. The molecule has 0 saturated carbocycles. The molecule has 0 aliphatic carbocycles. The number of hydrogen-bond donors (Lipinski definition) is 0. The van der Waals surface area contributed by atoms with Crippen molar-refractivity contribution in [3.63, 3.8) is 0 Å². The van der Waals surface area contributed by atoms with Crippen LogP contribution in [0.4, 0.5) is 5.69 Å². The maximum atomic E-state index is 10.5. The monoisotopic (exact) mass is 469 g/mol. The normalized spacial score (nSPS) is 13.1. The van der Waals surface area contributed by atoms with Gasteiger partial charge in [0.05, 0.1) is 30.1 Å². The van der Waals surface area contributed by atoms with Gasteiger partial charge in [-0.25, -0.2) is 0 Å². The first-order chi connectivity index (χ1) is 16.7. The molecule has 0 spiro atoms. The lowest BCUT2D eigenvalue weighted by molar-refractivity contribution is -0.255. The van der Waals surface area contributed by atoms with Gasteiger partial charge in [0.15, 0.2) is 14.7 Å². The van der Waals surface area contributed by atoms with Crippen molar-refractivity contribution in [3.8, 4) is 0 Å². The summed E-state index contributed by atoms with van der Waals surface area (Å²) in [6.07, 6.45) is 0. The highest BCUT2D eigenvalue weighted by atomic mass is 32.2. The van der Waals surface area contributed by atoms with Crippen molar-refractivity contribution in [1.82, 2.24) is 0 Å². The third-order valence-electron chi connectivity index (χ3n) is 5.42. The molecule has 5 heteroatoms. The first-order valence-electron chi connectivity index (χ1n) is 11.3. The smallest absolute Gasteiger partial charge is 0.166 e. The van der Waals surface area contributed by atoms with E-state index in [1.165, 1.54) is 14.7 Å². The number of hydrogen-bond acceptors (Lipinski definition) is 4. The standard InChI is InChI=1S/C18H15S.C11H13NO3/c1-4-10-16(11-5-1)19(17-12-6-2-7-13-17)18-14-8-3-9-15-18;13-11(14)9-1-3-10(4-2-9)12-5-7-15-8-6-12/h1-15H;1-4H,5-8H2,(H,13,14)/q+1;/p-1. The Labute approximate surface area is 203 Å². The molecule has 4 aromatic rings. The molecule has 0 atom stereocenters. The molecule has 4 aromatic carbocycles. The second kappa shape index (κ2) is 12.1. The maximum Gasteiger partial charge on any atom is 0.166 e. The fraction of sp³-hybridized carbons (Fsp3) is 0.138. The zero-order valence-corrected chi connectivity index (χ0v) is 19.7. The Morgan fingerprint density at radius 1 is 0.647 bits per heavy atom. The van der Waals surface area contributed by atoms with E-state index in [1.54, 1.807) is 24.3 Å². The van der Waals surface area contributed by atoms with Crippen LogP contribution in [0.5, 0.6) is 0 Å². The van der Waals surface area contributed by atoms with Crippen LogP contribution in [-0.4, -0.2) is 32.3 Å². The van der Waals surface area contributed by atoms with Gasteiger partial charge in [0, 0.05) is 18.8 Å². The molecule has 0 N–H and O–H groups in total. The molecule has 0 unspecified atom stereocenters. The number of morpholine rings is 1. The van der Waals surface area contributed by atoms with E-state index in [0.717, 1.165) is 32.0 Å². The van der Waals surface area contributed by atoms with Crippen LogP contribution in [0.3, 0.4) is 0 Å². The molecule has 5 rings (SSSR count). The number of carbonyl (C=O) groups is 1.